The first kappa shape index (κ1) is 17.8. The predicted molar refractivity (Wildman–Crippen MR) is 93.6 cm³/mol. The van der Waals surface area contributed by atoms with Gasteiger partial charge in [0, 0.05) is 26.3 Å². The molecule has 1 saturated heterocycles. The SMILES string of the molecule is CCOCCCNC(=O)N1CCCCC[C@@H]1c1ccc(C)cc1. The molecule has 1 aliphatic heterocycles. The zero-order valence-corrected chi connectivity index (χ0v) is 14.5. The highest BCUT2D eigenvalue weighted by molar-refractivity contribution is 5.74. The molecule has 1 fully saturated rings. The highest BCUT2D eigenvalue weighted by atomic mass is 16.5. The first-order valence-electron chi connectivity index (χ1n) is 8.91. The van der Waals surface area contributed by atoms with Crippen molar-refractivity contribution in [3.05, 3.63) is 35.4 Å². The molecule has 1 atom stereocenters. The molecule has 4 heteroatoms. The molecule has 128 valence electrons. The van der Waals surface area contributed by atoms with Gasteiger partial charge in [-0.2, -0.15) is 0 Å². The van der Waals surface area contributed by atoms with E-state index in [1.807, 2.05) is 11.8 Å². The minimum Gasteiger partial charge on any atom is -0.382 e. The summed E-state index contributed by atoms with van der Waals surface area (Å²) in [6.45, 7) is 7.04. The average Bonchev–Trinajstić information content (AvgIpc) is 2.81. The lowest BCUT2D eigenvalue weighted by molar-refractivity contribution is 0.142. The van der Waals surface area contributed by atoms with Gasteiger partial charge in [-0.05, 0) is 38.7 Å². The molecule has 23 heavy (non-hydrogen) atoms. The fourth-order valence-electron chi connectivity index (χ4n) is 3.10. The van der Waals surface area contributed by atoms with Crippen LogP contribution < -0.4 is 5.32 Å². The average molecular weight is 318 g/mol. The van der Waals surface area contributed by atoms with Gasteiger partial charge in [0.2, 0.25) is 0 Å². The van der Waals surface area contributed by atoms with Gasteiger partial charge in [-0.3, -0.25) is 0 Å². The van der Waals surface area contributed by atoms with Gasteiger partial charge >= 0.3 is 6.03 Å². The summed E-state index contributed by atoms with van der Waals surface area (Å²) in [4.78, 5) is 14.6. The van der Waals surface area contributed by atoms with E-state index >= 15 is 0 Å². The zero-order chi connectivity index (χ0) is 16.5. The molecule has 2 amide bonds. The van der Waals surface area contributed by atoms with Crippen LogP contribution in [0.25, 0.3) is 0 Å². The molecule has 0 bridgehead atoms. The number of nitrogens with zero attached hydrogens (tertiary/aromatic N) is 1. The van der Waals surface area contributed by atoms with E-state index < -0.39 is 0 Å². The second-order valence-electron chi connectivity index (χ2n) is 6.25. The lowest BCUT2D eigenvalue weighted by atomic mass is 10.00. The van der Waals surface area contributed by atoms with Crippen molar-refractivity contribution in [2.75, 3.05) is 26.3 Å². The van der Waals surface area contributed by atoms with Crippen molar-refractivity contribution in [2.24, 2.45) is 0 Å². The smallest absolute Gasteiger partial charge is 0.317 e. The summed E-state index contributed by atoms with van der Waals surface area (Å²) in [5.74, 6) is 0. The Morgan fingerprint density at radius 1 is 1.26 bits per heavy atom. The number of aryl methyl sites for hydroxylation is 1. The van der Waals surface area contributed by atoms with Gasteiger partial charge in [0.05, 0.1) is 6.04 Å². The fourth-order valence-corrected chi connectivity index (χ4v) is 3.10. The van der Waals surface area contributed by atoms with E-state index in [2.05, 4.69) is 36.5 Å². The molecule has 0 aliphatic carbocycles. The number of hydrogen-bond donors (Lipinski definition) is 1. The Labute approximate surface area is 140 Å². The van der Waals surface area contributed by atoms with E-state index in [0.29, 0.717) is 13.2 Å². The molecule has 1 N–H and O–H groups in total. The monoisotopic (exact) mass is 318 g/mol. The Morgan fingerprint density at radius 2 is 2.04 bits per heavy atom. The van der Waals surface area contributed by atoms with Crippen LogP contribution in [0.1, 0.15) is 56.2 Å². The van der Waals surface area contributed by atoms with Crippen molar-refractivity contribution >= 4 is 6.03 Å². The van der Waals surface area contributed by atoms with Crippen molar-refractivity contribution < 1.29 is 9.53 Å². The standard InChI is InChI=1S/C19H30N2O2/c1-3-23-15-7-13-20-19(22)21-14-6-4-5-8-18(21)17-11-9-16(2)10-12-17/h9-12,18H,3-8,13-15H2,1-2H3,(H,20,22)/t18-/m1/s1. The molecule has 1 aromatic carbocycles. The summed E-state index contributed by atoms with van der Waals surface area (Å²) in [7, 11) is 0. The number of urea groups is 1. The zero-order valence-electron chi connectivity index (χ0n) is 14.5. The molecule has 0 saturated carbocycles. The summed E-state index contributed by atoms with van der Waals surface area (Å²) < 4.78 is 5.32. The van der Waals surface area contributed by atoms with Crippen LogP contribution >= 0.6 is 0 Å². The summed E-state index contributed by atoms with van der Waals surface area (Å²) in [5.41, 5.74) is 2.51. The van der Waals surface area contributed by atoms with Crippen LogP contribution in [0.2, 0.25) is 0 Å². The van der Waals surface area contributed by atoms with Gasteiger partial charge < -0.3 is 15.0 Å². The van der Waals surface area contributed by atoms with Crippen LogP contribution in [0.15, 0.2) is 24.3 Å². The number of rotatable bonds is 6. The highest BCUT2D eigenvalue weighted by Crippen LogP contribution is 2.30. The Bertz CT molecular complexity index is 473. The first-order valence-corrected chi connectivity index (χ1v) is 8.91. The number of likely N-dealkylation sites (tertiary alicyclic amines) is 1. The molecule has 0 spiro atoms. The maximum absolute atomic E-state index is 12.6. The normalized spacial score (nSPS) is 18.5. The van der Waals surface area contributed by atoms with Gasteiger partial charge in [-0.25, -0.2) is 4.79 Å². The summed E-state index contributed by atoms with van der Waals surface area (Å²) in [6, 6.07) is 8.87. The van der Waals surface area contributed by atoms with Gasteiger partial charge in [0.25, 0.3) is 0 Å². The minimum absolute atomic E-state index is 0.0639. The summed E-state index contributed by atoms with van der Waals surface area (Å²) in [6.07, 6.45) is 5.40. The number of carbonyl (C=O) groups excluding carboxylic acids is 1. The van der Waals surface area contributed by atoms with Crippen molar-refractivity contribution in [3.8, 4) is 0 Å². The fraction of sp³-hybridized carbons (Fsp3) is 0.632. The van der Waals surface area contributed by atoms with Gasteiger partial charge in [0.15, 0.2) is 0 Å². The molecule has 2 rings (SSSR count). The van der Waals surface area contributed by atoms with Crippen LogP contribution in [-0.4, -0.2) is 37.2 Å². The molecule has 1 heterocycles. The van der Waals surface area contributed by atoms with Crippen LogP contribution in [0.3, 0.4) is 0 Å². The lowest BCUT2D eigenvalue weighted by Crippen LogP contribution is -2.42. The van der Waals surface area contributed by atoms with E-state index in [-0.39, 0.29) is 12.1 Å². The number of hydrogen-bond acceptors (Lipinski definition) is 2. The van der Waals surface area contributed by atoms with Crippen LogP contribution in [0, 0.1) is 6.92 Å². The number of nitrogens with one attached hydrogen (secondary N) is 1. The molecular formula is C19H30N2O2. The van der Waals surface area contributed by atoms with Gasteiger partial charge in [-0.1, -0.05) is 42.7 Å². The largest absolute Gasteiger partial charge is 0.382 e. The quantitative estimate of drug-likeness (QED) is 0.804. The second kappa shape index (κ2) is 9.56. The van der Waals surface area contributed by atoms with Crippen molar-refractivity contribution in [3.63, 3.8) is 0 Å². The van der Waals surface area contributed by atoms with Crippen molar-refractivity contribution in [1.29, 1.82) is 0 Å². The van der Waals surface area contributed by atoms with Crippen molar-refractivity contribution in [2.45, 2.75) is 52.0 Å². The number of amides is 2. The molecular weight excluding hydrogens is 288 g/mol. The van der Waals surface area contributed by atoms with E-state index in [4.69, 9.17) is 4.74 Å². The third-order valence-electron chi connectivity index (χ3n) is 4.42. The first-order chi connectivity index (χ1) is 11.2. The van der Waals surface area contributed by atoms with Crippen molar-refractivity contribution in [1.82, 2.24) is 10.2 Å². The number of benzene rings is 1. The molecule has 0 aromatic heterocycles. The third-order valence-corrected chi connectivity index (χ3v) is 4.42. The molecule has 1 aromatic rings. The highest BCUT2D eigenvalue weighted by Gasteiger charge is 2.26. The maximum Gasteiger partial charge on any atom is 0.317 e. The molecule has 0 radical (unpaired) electrons. The molecule has 0 unspecified atom stereocenters. The minimum atomic E-state index is 0.0639. The van der Waals surface area contributed by atoms with E-state index in [9.17, 15) is 4.79 Å². The molecule has 4 nitrogen and oxygen atoms in total. The maximum atomic E-state index is 12.6. The Hall–Kier alpha value is -1.55. The van der Waals surface area contributed by atoms with Gasteiger partial charge in [-0.15, -0.1) is 0 Å². The lowest BCUT2D eigenvalue weighted by Gasteiger charge is -2.30. The Balaban J connectivity index is 1.97. The van der Waals surface area contributed by atoms with E-state index in [1.54, 1.807) is 0 Å². The van der Waals surface area contributed by atoms with Crippen LogP contribution in [0.4, 0.5) is 4.79 Å². The third kappa shape index (κ3) is 5.54. The topological polar surface area (TPSA) is 41.6 Å². The van der Waals surface area contributed by atoms with Crippen LogP contribution in [-0.2, 0) is 4.74 Å². The molecule has 1 aliphatic rings. The van der Waals surface area contributed by atoms with Gasteiger partial charge in [0.1, 0.15) is 0 Å². The Morgan fingerprint density at radius 3 is 2.78 bits per heavy atom. The number of carbonyl (C=O) groups is 1. The summed E-state index contributed by atoms with van der Waals surface area (Å²) in [5, 5.41) is 3.06. The van der Waals surface area contributed by atoms with E-state index in [1.165, 1.54) is 24.0 Å². The second-order valence-corrected chi connectivity index (χ2v) is 6.25. The van der Waals surface area contributed by atoms with E-state index in [0.717, 1.165) is 32.4 Å². The van der Waals surface area contributed by atoms with Crippen LogP contribution in [0.5, 0.6) is 0 Å². The number of ether oxygens (including phenoxy) is 1. The predicted octanol–water partition coefficient (Wildman–Crippen LogP) is 4.05. The summed E-state index contributed by atoms with van der Waals surface area (Å²) >= 11 is 0. The Kier molecular flexibility index (Phi) is 7.40.